The van der Waals surface area contributed by atoms with Crippen LogP contribution in [-0.2, 0) is 11.2 Å². The first-order valence-electron chi connectivity index (χ1n) is 8.31. The van der Waals surface area contributed by atoms with E-state index < -0.39 is 12.1 Å². The van der Waals surface area contributed by atoms with Gasteiger partial charge in [-0.25, -0.2) is 0 Å². The molecule has 0 aliphatic rings. The summed E-state index contributed by atoms with van der Waals surface area (Å²) in [6.07, 6.45) is 0.106. The van der Waals surface area contributed by atoms with E-state index >= 15 is 0 Å². The molecule has 2 atom stereocenters. The minimum absolute atomic E-state index is 0.133. The van der Waals surface area contributed by atoms with Crippen LogP contribution in [0.25, 0.3) is 0 Å². The smallest absolute Gasteiger partial charge is 0.322 e. The normalized spacial score (nSPS) is 13.2. The topological polar surface area (TPSA) is 102 Å². The molecule has 0 aliphatic heterocycles. The Labute approximate surface area is 161 Å². The van der Waals surface area contributed by atoms with E-state index in [4.69, 9.17) is 5.11 Å². The average molecular weight is 423 g/mol. The molecule has 0 saturated heterocycles. The van der Waals surface area contributed by atoms with E-state index in [2.05, 4.69) is 26.6 Å². The van der Waals surface area contributed by atoms with Crippen LogP contribution in [0.4, 0.5) is 5.69 Å². The molecule has 6 nitrogen and oxygen atoms in total. The van der Waals surface area contributed by atoms with Crippen molar-refractivity contribution in [2.75, 3.05) is 18.4 Å². The quantitative estimate of drug-likeness (QED) is 0.425. The van der Waals surface area contributed by atoms with E-state index in [9.17, 15) is 15.0 Å². The SMILES string of the molecule is C[C@H](NCCc1ccc(NCC(=O)O)c(Br)c1)[C@@H](O)c1ccc(O)cc1. The summed E-state index contributed by atoms with van der Waals surface area (Å²) in [6, 6.07) is 12.1. The number of benzene rings is 2. The molecular formula is C19H23BrN2O4. The van der Waals surface area contributed by atoms with E-state index in [1.165, 1.54) is 0 Å². The summed E-state index contributed by atoms with van der Waals surface area (Å²) in [7, 11) is 0. The molecular weight excluding hydrogens is 400 g/mol. The Kier molecular flexibility index (Phi) is 7.44. The maximum Gasteiger partial charge on any atom is 0.322 e. The number of phenolic OH excluding ortho intramolecular Hbond substituents is 1. The highest BCUT2D eigenvalue weighted by Crippen LogP contribution is 2.24. The largest absolute Gasteiger partial charge is 0.508 e. The number of aliphatic hydroxyl groups excluding tert-OH is 1. The fourth-order valence-corrected chi connectivity index (χ4v) is 3.11. The van der Waals surface area contributed by atoms with Crippen LogP contribution >= 0.6 is 15.9 Å². The zero-order valence-electron chi connectivity index (χ0n) is 14.4. The van der Waals surface area contributed by atoms with Crippen molar-refractivity contribution in [1.82, 2.24) is 5.32 Å². The summed E-state index contributed by atoms with van der Waals surface area (Å²) < 4.78 is 0.813. The molecule has 2 aromatic rings. The Morgan fingerprint density at radius 1 is 1.19 bits per heavy atom. The van der Waals surface area contributed by atoms with Gasteiger partial charge in [0, 0.05) is 16.2 Å². The van der Waals surface area contributed by atoms with Crippen LogP contribution in [0.1, 0.15) is 24.2 Å². The summed E-state index contributed by atoms with van der Waals surface area (Å²) in [5, 5.41) is 34.5. The van der Waals surface area contributed by atoms with Crippen molar-refractivity contribution in [2.24, 2.45) is 0 Å². The number of hydrogen-bond acceptors (Lipinski definition) is 5. The highest BCUT2D eigenvalue weighted by Gasteiger charge is 2.15. The minimum Gasteiger partial charge on any atom is -0.508 e. The Morgan fingerprint density at radius 3 is 2.50 bits per heavy atom. The molecule has 2 rings (SSSR count). The van der Waals surface area contributed by atoms with E-state index in [0.29, 0.717) is 6.54 Å². The molecule has 0 unspecified atom stereocenters. The predicted molar refractivity (Wildman–Crippen MR) is 105 cm³/mol. The molecule has 0 heterocycles. The highest BCUT2D eigenvalue weighted by atomic mass is 79.9. The van der Waals surface area contributed by atoms with Crippen LogP contribution in [-0.4, -0.2) is 40.4 Å². The van der Waals surface area contributed by atoms with Crippen molar-refractivity contribution in [3.63, 3.8) is 0 Å². The molecule has 0 amide bonds. The Balaban J connectivity index is 1.83. The van der Waals surface area contributed by atoms with Crippen LogP contribution in [0.15, 0.2) is 46.9 Å². The van der Waals surface area contributed by atoms with Crippen molar-refractivity contribution >= 4 is 27.6 Å². The van der Waals surface area contributed by atoms with Crippen LogP contribution in [0.3, 0.4) is 0 Å². The lowest BCUT2D eigenvalue weighted by molar-refractivity contribution is -0.134. The third kappa shape index (κ3) is 6.01. The molecule has 0 radical (unpaired) electrons. The minimum atomic E-state index is -0.911. The maximum absolute atomic E-state index is 10.6. The Morgan fingerprint density at radius 2 is 1.88 bits per heavy atom. The number of aliphatic carboxylic acids is 1. The molecule has 26 heavy (non-hydrogen) atoms. The fraction of sp³-hybridized carbons (Fsp3) is 0.316. The third-order valence-corrected chi connectivity index (χ3v) is 4.71. The molecule has 0 aliphatic carbocycles. The number of anilines is 1. The zero-order valence-corrected chi connectivity index (χ0v) is 16.0. The highest BCUT2D eigenvalue weighted by molar-refractivity contribution is 9.10. The van der Waals surface area contributed by atoms with Gasteiger partial charge in [-0.15, -0.1) is 0 Å². The van der Waals surface area contributed by atoms with Gasteiger partial charge in [0.25, 0.3) is 0 Å². The van der Waals surface area contributed by atoms with Gasteiger partial charge in [0.05, 0.1) is 6.10 Å². The van der Waals surface area contributed by atoms with Crippen LogP contribution in [0, 0.1) is 0 Å². The van der Waals surface area contributed by atoms with Gasteiger partial charge in [-0.05, 0) is 71.2 Å². The van der Waals surface area contributed by atoms with Gasteiger partial charge in [0.2, 0.25) is 0 Å². The second-order valence-electron chi connectivity index (χ2n) is 6.09. The lowest BCUT2D eigenvalue weighted by Gasteiger charge is -2.21. The van der Waals surface area contributed by atoms with E-state index in [0.717, 1.165) is 27.7 Å². The maximum atomic E-state index is 10.6. The van der Waals surface area contributed by atoms with E-state index in [-0.39, 0.29) is 18.3 Å². The number of aliphatic hydroxyl groups is 1. The van der Waals surface area contributed by atoms with Crippen molar-refractivity contribution in [3.05, 3.63) is 58.1 Å². The average Bonchev–Trinajstić information content (AvgIpc) is 2.60. The first-order chi connectivity index (χ1) is 12.4. The summed E-state index contributed by atoms with van der Waals surface area (Å²) in [5.74, 6) is -0.736. The number of carboxylic acids is 1. The van der Waals surface area contributed by atoms with Crippen molar-refractivity contribution in [2.45, 2.75) is 25.5 Å². The molecule has 0 aromatic heterocycles. The number of aromatic hydroxyl groups is 1. The second kappa shape index (κ2) is 9.56. The van der Waals surface area contributed by atoms with Crippen molar-refractivity contribution < 1.29 is 20.1 Å². The molecule has 0 spiro atoms. The summed E-state index contributed by atoms with van der Waals surface area (Å²) in [4.78, 5) is 10.6. The molecule has 7 heteroatoms. The number of nitrogens with one attached hydrogen (secondary N) is 2. The number of phenols is 1. The van der Waals surface area contributed by atoms with Crippen LogP contribution in [0.2, 0.25) is 0 Å². The molecule has 0 bridgehead atoms. The number of halogens is 1. The van der Waals surface area contributed by atoms with Gasteiger partial charge in [0.1, 0.15) is 12.3 Å². The predicted octanol–water partition coefficient (Wildman–Crippen LogP) is 2.91. The van der Waals surface area contributed by atoms with Gasteiger partial charge >= 0.3 is 5.97 Å². The van der Waals surface area contributed by atoms with Gasteiger partial charge in [0.15, 0.2) is 0 Å². The number of carbonyl (C=O) groups is 1. The molecule has 5 N–H and O–H groups in total. The summed E-state index contributed by atoms with van der Waals surface area (Å²) in [5.41, 5.74) is 2.58. The number of hydrogen-bond donors (Lipinski definition) is 5. The molecule has 140 valence electrons. The molecule has 0 saturated carbocycles. The Hall–Kier alpha value is -2.09. The summed E-state index contributed by atoms with van der Waals surface area (Å²) >= 11 is 3.44. The first kappa shape index (κ1) is 20.2. The zero-order chi connectivity index (χ0) is 19.1. The number of rotatable bonds is 9. The van der Waals surface area contributed by atoms with Crippen LogP contribution < -0.4 is 10.6 Å². The van der Waals surface area contributed by atoms with Crippen LogP contribution in [0.5, 0.6) is 5.75 Å². The van der Waals surface area contributed by atoms with Gasteiger partial charge in [-0.3, -0.25) is 4.79 Å². The lowest BCUT2D eigenvalue weighted by Crippen LogP contribution is -2.33. The van der Waals surface area contributed by atoms with Gasteiger partial charge < -0.3 is 26.0 Å². The lowest BCUT2D eigenvalue weighted by atomic mass is 10.0. The van der Waals surface area contributed by atoms with Crippen molar-refractivity contribution in [1.29, 1.82) is 0 Å². The summed E-state index contributed by atoms with van der Waals surface area (Å²) in [6.45, 7) is 2.46. The van der Waals surface area contributed by atoms with E-state index in [1.54, 1.807) is 24.3 Å². The first-order valence-corrected chi connectivity index (χ1v) is 9.10. The van der Waals surface area contributed by atoms with E-state index in [1.807, 2.05) is 25.1 Å². The second-order valence-corrected chi connectivity index (χ2v) is 6.94. The Bertz CT molecular complexity index is 737. The molecule has 2 aromatic carbocycles. The monoisotopic (exact) mass is 422 g/mol. The van der Waals surface area contributed by atoms with Gasteiger partial charge in [-0.1, -0.05) is 18.2 Å². The molecule has 0 fully saturated rings. The fourth-order valence-electron chi connectivity index (χ4n) is 2.54. The third-order valence-electron chi connectivity index (χ3n) is 4.05. The number of carboxylic acid groups (broad SMARTS) is 1. The van der Waals surface area contributed by atoms with Gasteiger partial charge in [-0.2, -0.15) is 0 Å². The van der Waals surface area contributed by atoms with Crippen molar-refractivity contribution in [3.8, 4) is 5.75 Å². The standard InChI is InChI=1S/C19H23BrN2O4/c1-12(19(26)14-3-5-15(23)6-4-14)21-9-8-13-2-7-17(16(20)10-13)22-11-18(24)25/h2-7,10,12,19,21-23,26H,8-9,11H2,1H3,(H,24,25)/t12-,19+/m0/s1.